The fraction of sp³-hybridized carbons (Fsp3) is 0. The maximum Gasteiger partial charge on any atom is 0.159 e. The molecule has 4 heteroatoms. The minimum Gasteiger partial charge on any atom is -0.399 e. The second-order valence-corrected chi connectivity index (χ2v) is 3.99. The first kappa shape index (κ1) is 10.5. The third-order valence-corrected chi connectivity index (χ3v) is 2.69. The summed E-state index contributed by atoms with van der Waals surface area (Å²) < 4.78 is 0. The van der Waals surface area contributed by atoms with Crippen LogP contribution in [0.3, 0.4) is 0 Å². The van der Waals surface area contributed by atoms with Gasteiger partial charge in [0, 0.05) is 35.4 Å². The lowest BCUT2D eigenvalue weighted by atomic mass is 10.1. The van der Waals surface area contributed by atoms with Crippen LogP contribution in [0.15, 0.2) is 55.0 Å². The molecule has 0 aliphatic heterocycles. The van der Waals surface area contributed by atoms with Crippen LogP contribution in [-0.2, 0) is 0 Å². The topological polar surface area (TPSA) is 67.6 Å². The molecular formula is C14H12N4. The molecule has 0 bridgehead atoms. The van der Waals surface area contributed by atoms with Crippen molar-refractivity contribution >= 4 is 5.69 Å². The molecule has 0 aliphatic rings. The van der Waals surface area contributed by atoms with E-state index in [1.54, 1.807) is 6.20 Å². The van der Waals surface area contributed by atoms with E-state index in [1.165, 1.54) is 0 Å². The number of hydrogen-bond donors (Lipinski definition) is 2. The van der Waals surface area contributed by atoms with E-state index < -0.39 is 0 Å². The summed E-state index contributed by atoms with van der Waals surface area (Å²) in [5.41, 5.74) is 9.34. The van der Waals surface area contributed by atoms with Crippen LogP contribution in [0.1, 0.15) is 0 Å². The van der Waals surface area contributed by atoms with Gasteiger partial charge in [-0.15, -0.1) is 0 Å². The third kappa shape index (κ3) is 1.96. The van der Waals surface area contributed by atoms with Gasteiger partial charge in [-0.3, -0.25) is 0 Å². The van der Waals surface area contributed by atoms with Crippen LogP contribution >= 0.6 is 0 Å². The van der Waals surface area contributed by atoms with Crippen LogP contribution in [0, 0.1) is 0 Å². The highest BCUT2D eigenvalue weighted by atomic mass is 14.9. The predicted octanol–water partition coefficient (Wildman–Crippen LogP) is 2.72. The largest absolute Gasteiger partial charge is 0.399 e. The summed E-state index contributed by atoms with van der Waals surface area (Å²) in [7, 11) is 0. The Kier molecular flexibility index (Phi) is 2.53. The number of nitrogens with zero attached hydrogens (tertiary/aromatic N) is 2. The lowest BCUT2D eigenvalue weighted by molar-refractivity contribution is 1.18. The van der Waals surface area contributed by atoms with Crippen molar-refractivity contribution in [1.29, 1.82) is 0 Å². The minimum atomic E-state index is 0.681. The molecule has 88 valence electrons. The van der Waals surface area contributed by atoms with Crippen LogP contribution in [-0.4, -0.2) is 15.0 Å². The van der Waals surface area contributed by atoms with Gasteiger partial charge in [0.05, 0.1) is 5.69 Å². The second kappa shape index (κ2) is 4.33. The number of hydrogen-bond acceptors (Lipinski definition) is 3. The van der Waals surface area contributed by atoms with E-state index in [0.29, 0.717) is 11.5 Å². The Morgan fingerprint density at radius 2 is 2.00 bits per heavy atom. The van der Waals surface area contributed by atoms with Gasteiger partial charge in [-0.2, -0.15) is 0 Å². The number of nitrogens with two attached hydrogens (primary N) is 1. The average Bonchev–Trinajstić information content (AvgIpc) is 2.93. The van der Waals surface area contributed by atoms with E-state index in [-0.39, 0.29) is 0 Å². The van der Waals surface area contributed by atoms with Crippen molar-refractivity contribution in [3.8, 4) is 22.6 Å². The normalized spacial score (nSPS) is 10.4. The summed E-state index contributed by atoms with van der Waals surface area (Å²) in [5, 5.41) is 0. The van der Waals surface area contributed by atoms with Gasteiger partial charge in [-0.1, -0.05) is 12.1 Å². The zero-order valence-corrected chi connectivity index (χ0v) is 9.67. The van der Waals surface area contributed by atoms with Crippen molar-refractivity contribution < 1.29 is 0 Å². The highest BCUT2D eigenvalue weighted by molar-refractivity contribution is 5.65. The fourth-order valence-corrected chi connectivity index (χ4v) is 1.82. The van der Waals surface area contributed by atoms with Crippen LogP contribution < -0.4 is 5.73 Å². The van der Waals surface area contributed by atoms with Crippen LogP contribution in [0.25, 0.3) is 22.6 Å². The number of anilines is 1. The summed E-state index contributed by atoms with van der Waals surface area (Å²) in [6, 6.07) is 11.4. The smallest absolute Gasteiger partial charge is 0.159 e. The molecule has 3 N–H and O–H groups in total. The van der Waals surface area contributed by atoms with E-state index in [2.05, 4.69) is 15.0 Å². The van der Waals surface area contributed by atoms with E-state index in [4.69, 9.17) is 5.73 Å². The van der Waals surface area contributed by atoms with Crippen molar-refractivity contribution in [2.24, 2.45) is 0 Å². The molecule has 3 aromatic rings. The van der Waals surface area contributed by atoms with Gasteiger partial charge in [0.2, 0.25) is 0 Å². The number of aromatic amines is 1. The van der Waals surface area contributed by atoms with Crippen molar-refractivity contribution in [1.82, 2.24) is 15.0 Å². The monoisotopic (exact) mass is 236 g/mol. The SMILES string of the molecule is Nc1cccc(-c2nccc(-c3cc[nH]c3)n2)c1. The highest BCUT2D eigenvalue weighted by Gasteiger charge is 2.04. The van der Waals surface area contributed by atoms with Gasteiger partial charge >= 0.3 is 0 Å². The van der Waals surface area contributed by atoms with Gasteiger partial charge in [-0.25, -0.2) is 9.97 Å². The maximum absolute atomic E-state index is 5.77. The number of nitrogen functional groups attached to an aromatic ring is 1. The van der Waals surface area contributed by atoms with Gasteiger partial charge < -0.3 is 10.7 Å². The Morgan fingerprint density at radius 1 is 1.06 bits per heavy atom. The molecule has 0 amide bonds. The maximum atomic E-state index is 5.77. The summed E-state index contributed by atoms with van der Waals surface area (Å²) in [4.78, 5) is 11.8. The molecule has 2 aromatic heterocycles. The molecular weight excluding hydrogens is 224 g/mol. The first-order valence-electron chi connectivity index (χ1n) is 5.65. The summed E-state index contributed by atoms with van der Waals surface area (Å²) in [5.74, 6) is 0.681. The fourth-order valence-electron chi connectivity index (χ4n) is 1.82. The zero-order valence-electron chi connectivity index (χ0n) is 9.67. The molecule has 0 spiro atoms. The molecule has 18 heavy (non-hydrogen) atoms. The molecule has 0 saturated heterocycles. The van der Waals surface area contributed by atoms with Gasteiger partial charge in [-0.05, 0) is 24.3 Å². The standard InChI is InChI=1S/C14H12N4/c15-12-3-1-2-10(8-12)14-17-7-5-13(18-14)11-4-6-16-9-11/h1-9,16H,15H2. The molecule has 0 saturated carbocycles. The van der Waals surface area contributed by atoms with Crippen molar-refractivity contribution in [3.05, 3.63) is 55.0 Å². The zero-order chi connectivity index (χ0) is 12.4. The molecule has 0 fully saturated rings. The molecule has 3 rings (SSSR count). The first-order chi connectivity index (χ1) is 8.83. The van der Waals surface area contributed by atoms with Crippen LogP contribution in [0.5, 0.6) is 0 Å². The van der Waals surface area contributed by atoms with Crippen LogP contribution in [0.4, 0.5) is 5.69 Å². The van der Waals surface area contributed by atoms with Gasteiger partial charge in [0.1, 0.15) is 0 Å². The summed E-state index contributed by atoms with van der Waals surface area (Å²) in [6.45, 7) is 0. The predicted molar refractivity (Wildman–Crippen MR) is 71.7 cm³/mol. The van der Waals surface area contributed by atoms with E-state index >= 15 is 0 Å². The Labute approximate surface area is 105 Å². The van der Waals surface area contributed by atoms with Gasteiger partial charge in [0.15, 0.2) is 5.82 Å². The van der Waals surface area contributed by atoms with E-state index in [1.807, 2.05) is 48.8 Å². The van der Waals surface area contributed by atoms with Crippen molar-refractivity contribution in [2.45, 2.75) is 0 Å². The molecule has 0 unspecified atom stereocenters. The first-order valence-corrected chi connectivity index (χ1v) is 5.65. The highest BCUT2D eigenvalue weighted by Crippen LogP contribution is 2.21. The Bertz CT molecular complexity index is 659. The van der Waals surface area contributed by atoms with E-state index in [9.17, 15) is 0 Å². The summed E-state index contributed by atoms with van der Waals surface area (Å²) >= 11 is 0. The molecule has 4 nitrogen and oxygen atoms in total. The summed E-state index contributed by atoms with van der Waals surface area (Å²) in [6.07, 6.45) is 5.54. The molecule has 0 radical (unpaired) electrons. The quantitative estimate of drug-likeness (QED) is 0.672. The Balaban J connectivity index is 2.06. The van der Waals surface area contributed by atoms with Crippen molar-refractivity contribution in [2.75, 3.05) is 5.73 Å². The third-order valence-electron chi connectivity index (χ3n) is 2.69. The van der Waals surface area contributed by atoms with Gasteiger partial charge in [0.25, 0.3) is 0 Å². The molecule has 1 aromatic carbocycles. The van der Waals surface area contributed by atoms with Crippen LogP contribution in [0.2, 0.25) is 0 Å². The second-order valence-electron chi connectivity index (χ2n) is 3.99. The number of nitrogens with one attached hydrogen (secondary N) is 1. The molecule has 0 atom stereocenters. The van der Waals surface area contributed by atoms with E-state index in [0.717, 1.165) is 16.8 Å². The number of rotatable bonds is 2. The lowest BCUT2D eigenvalue weighted by Crippen LogP contribution is -1.92. The molecule has 2 heterocycles. The number of H-pyrrole nitrogens is 1. The average molecular weight is 236 g/mol. The Hall–Kier alpha value is -2.62. The number of aromatic nitrogens is 3. The minimum absolute atomic E-state index is 0.681. The molecule has 0 aliphatic carbocycles. The van der Waals surface area contributed by atoms with Crippen molar-refractivity contribution in [3.63, 3.8) is 0 Å². The number of benzene rings is 1. The Morgan fingerprint density at radius 3 is 2.78 bits per heavy atom. The lowest BCUT2D eigenvalue weighted by Gasteiger charge is -2.03.